The van der Waals surface area contributed by atoms with Crippen LogP contribution in [0.4, 0.5) is 8.78 Å². The van der Waals surface area contributed by atoms with Gasteiger partial charge in [0.25, 0.3) is 0 Å². The summed E-state index contributed by atoms with van der Waals surface area (Å²) in [6.45, 7) is 3.07. The number of rotatable bonds is 7. The van der Waals surface area contributed by atoms with Gasteiger partial charge >= 0.3 is 0 Å². The van der Waals surface area contributed by atoms with Crippen molar-refractivity contribution < 1.29 is 23.0 Å². The van der Waals surface area contributed by atoms with Gasteiger partial charge in [0, 0.05) is 13.1 Å². The number of nitrogens with zero attached hydrogens (tertiary/aromatic N) is 1. The lowest BCUT2D eigenvalue weighted by atomic mass is 10.00. The molecule has 0 bridgehead atoms. The standard InChI is InChI=1S/C27H27F2NO3/c28-22-8-4-20(5-9-22)27(21-6-10-23(29)11-7-21)33-24-2-1-14-30(17-24)15-13-19-3-12-25-26(16-19)32-18-31-25/h3-12,16,24,27H,1-2,13-15,17-18H2. The fraction of sp³-hybridized carbons (Fsp3) is 0.333. The van der Waals surface area contributed by atoms with Crippen LogP contribution in [0.5, 0.6) is 11.5 Å². The van der Waals surface area contributed by atoms with Crippen molar-refractivity contribution in [1.29, 1.82) is 0 Å². The van der Waals surface area contributed by atoms with Crippen LogP contribution in [-0.4, -0.2) is 37.4 Å². The molecule has 3 aromatic rings. The van der Waals surface area contributed by atoms with Gasteiger partial charge in [-0.25, -0.2) is 8.78 Å². The molecular formula is C27H27F2NO3. The number of piperidine rings is 1. The minimum Gasteiger partial charge on any atom is -0.454 e. The zero-order chi connectivity index (χ0) is 22.6. The number of fused-ring (bicyclic) bond motifs is 1. The molecule has 5 rings (SSSR count). The smallest absolute Gasteiger partial charge is 0.231 e. The van der Waals surface area contributed by atoms with Crippen LogP contribution in [-0.2, 0) is 11.2 Å². The minimum atomic E-state index is -0.370. The largest absolute Gasteiger partial charge is 0.454 e. The molecule has 1 unspecified atom stereocenters. The monoisotopic (exact) mass is 451 g/mol. The molecule has 2 aliphatic heterocycles. The van der Waals surface area contributed by atoms with E-state index >= 15 is 0 Å². The van der Waals surface area contributed by atoms with E-state index in [1.165, 1.54) is 29.8 Å². The van der Waals surface area contributed by atoms with Gasteiger partial charge in [-0.05, 0) is 78.9 Å². The second kappa shape index (κ2) is 9.89. The van der Waals surface area contributed by atoms with E-state index in [1.54, 1.807) is 24.3 Å². The molecule has 172 valence electrons. The molecule has 2 heterocycles. The molecule has 2 aliphatic rings. The van der Waals surface area contributed by atoms with Gasteiger partial charge in [-0.3, -0.25) is 0 Å². The maximum absolute atomic E-state index is 13.5. The predicted octanol–water partition coefficient (Wildman–Crippen LogP) is 5.51. The molecule has 3 aromatic carbocycles. The zero-order valence-electron chi connectivity index (χ0n) is 18.4. The highest BCUT2D eigenvalue weighted by Crippen LogP contribution is 2.33. The minimum absolute atomic E-state index is 0.0376. The number of benzene rings is 3. The Morgan fingerprint density at radius 2 is 1.55 bits per heavy atom. The van der Waals surface area contributed by atoms with Crippen molar-refractivity contribution >= 4 is 0 Å². The Labute approximate surface area is 192 Å². The van der Waals surface area contributed by atoms with Gasteiger partial charge in [0.2, 0.25) is 6.79 Å². The quantitative estimate of drug-likeness (QED) is 0.474. The molecule has 6 heteroatoms. The Kier molecular flexibility index (Phi) is 6.55. The van der Waals surface area contributed by atoms with E-state index in [-0.39, 0.29) is 30.6 Å². The fourth-order valence-corrected chi connectivity index (χ4v) is 4.53. The summed E-state index contributed by atoms with van der Waals surface area (Å²) >= 11 is 0. The van der Waals surface area contributed by atoms with E-state index < -0.39 is 0 Å². The van der Waals surface area contributed by atoms with Gasteiger partial charge in [0.15, 0.2) is 11.5 Å². The molecular weight excluding hydrogens is 424 g/mol. The third kappa shape index (κ3) is 5.34. The average molecular weight is 452 g/mol. The lowest BCUT2D eigenvalue weighted by Crippen LogP contribution is -2.41. The van der Waals surface area contributed by atoms with Crippen molar-refractivity contribution in [2.45, 2.75) is 31.5 Å². The van der Waals surface area contributed by atoms with Crippen LogP contribution in [0.2, 0.25) is 0 Å². The van der Waals surface area contributed by atoms with E-state index in [0.717, 1.165) is 61.5 Å². The highest BCUT2D eigenvalue weighted by Gasteiger charge is 2.25. The molecule has 0 saturated carbocycles. The molecule has 0 aliphatic carbocycles. The van der Waals surface area contributed by atoms with Crippen LogP contribution in [0.1, 0.15) is 35.6 Å². The Morgan fingerprint density at radius 1 is 0.879 bits per heavy atom. The van der Waals surface area contributed by atoms with Crippen molar-refractivity contribution in [3.63, 3.8) is 0 Å². The number of halogens is 2. The Balaban J connectivity index is 1.25. The molecule has 0 aromatic heterocycles. The van der Waals surface area contributed by atoms with Crippen LogP contribution < -0.4 is 9.47 Å². The van der Waals surface area contributed by atoms with Gasteiger partial charge in [0.1, 0.15) is 17.7 Å². The summed E-state index contributed by atoms with van der Waals surface area (Å²) in [4.78, 5) is 2.42. The molecule has 0 amide bonds. The molecule has 1 saturated heterocycles. The van der Waals surface area contributed by atoms with Gasteiger partial charge in [-0.15, -0.1) is 0 Å². The third-order valence-electron chi connectivity index (χ3n) is 6.29. The van der Waals surface area contributed by atoms with Crippen molar-refractivity contribution in [3.05, 3.63) is 95.1 Å². The first-order valence-electron chi connectivity index (χ1n) is 11.4. The summed E-state index contributed by atoms with van der Waals surface area (Å²) in [6, 6.07) is 18.8. The van der Waals surface area contributed by atoms with Crippen molar-refractivity contribution in [2.24, 2.45) is 0 Å². The number of likely N-dealkylation sites (tertiary alicyclic amines) is 1. The summed E-state index contributed by atoms with van der Waals surface area (Å²) < 4.78 is 44.4. The Hall–Kier alpha value is -2.96. The molecule has 0 radical (unpaired) electrons. The summed E-state index contributed by atoms with van der Waals surface area (Å²) in [7, 11) is 0. The van der Waals surface area contributed by atoms with Gasteiger partial charge < -0.3 is 19.1 Å². The maximum Gasteiger partial charge on any atom is 0.231 e. The molecule has 33 heavy (non-hydrogen) atoms. The van der Waals surface area contributed by atoms with Gasteiger partial charge in [0.05, 0.1) is 6.10 Å². The first-order chi connectivity index (χ1) is 16.1. The lowest BCUT2D eigenvalue weighted by molar-refractivity contribution is -0.0330. The molecule has 0 spiro atoms. The average Bonchev–Trinajstić information content (AvgIpc) is 3.31. The fourth-order valence-electron chi connectivity index (χ4n) is 4.53. The van der Waals surface area contributed by atoms with Crippen LogP contribution in [0.15, 0.2) is 66.7 Å². The van der Waals surface area contributed by atoms with Crippen LogP contribution in [0.25, 0.3) is 0 Å². The highest BCUT2D eigenvalue weighted by molar-refractivity contribution is 5.44. The first kappa shape index (κ1) is 21.9. The number of hydrogen-bond acceptors (Lipinski definition) is 4. The first-order valence-corrected chi connectivity index (χ1v) is 11.4. The van der Waals surface area contributed by atoms with Crippen LogP contribution in [0, 0.1) is 11.6 Å². The topological polar surface area (TPSA) is 30.9 Å². The summed E-state index contributed by atoms with van der Waals surface area (Å²) in [6.07, 6.45) is 2.59. The molecule has 4 nitrogen and oxygen atoms in total. The summed E-state index contributed by atoms with van der Waals surface area (Å²) in [5, 5.41) is 0. The Morgan fingerprint density at radius 3 is 2.24 bits per heavy atom. The normalized spacial score (nSPS) is 18.1. The van der Waals surface area contributed by atoms with E-state index in [9.17, 15) is 8.78 Å². The van der Waals surface area contributed by atoms with Crippen molar-refractivity contribution in [1.82, 2.24) is 4.90 Å². The van der Waals surface area contributed by atoms with E-state index in [2.05, 4.69) is 17.0 Å². The Bertz CT molecular complexity index is 1030. The van der Waals surface area contributed by atoms with Gasteiger partial charge in [-0.1, -0.05) is 30.3 Å². The van der Waals surface area contributed by atoms with E-state index in [0.29, 0.717) is 0 Å². The second-order valence-corrected chi connectivity index (χ2v) is 8.62. The zero-order valence-corrected chi connectivity index (χ0v) is 18.4. The second-order valence-electron chi connectivity index (χ2n) is 8.62. The SMILES string of the molecule is Fc1ccc(C(OC2CCCN(CCc3ccc4c(c3)OCO4)C2)c2ccc(F)cc2)cc1. The van der Waals surface area contributed by atoms with E-state index in [4.69, 9.17) is 14.2 Å². The maximum atomic E-state index is 13.5. The van der Waals surface area contributed by atoms with Crippen LogP contribution in [0.3, 0.4) is 0 Å². The number of ether oxygens (including phenoxy) is 3. The third-order valence-corrected chi connectivity index (χ3v) is 6.29. The van der Waals surface area contributed by atoms with E-state index in [1.807, 2.05) is 6.07 Å². The van der Waals surface area contributed by atoms with Crippen LogP contribution >= 0.6 is 0 Å². The number of hydrogen-bond donors (Lipinski definition) is 0. The molecule has 1 fully saturated rings. The summed E-state index contributed by atoms with van der Waals surface area (Å²) in [5.41, 5.74) is 2.94. The molecule has 0 N–H and O–H groups in total. The summed E-state index contributed by atoms with van der Waals surface area (Å²) in [5.74, 6) is 1.04. The van der Waals surface area contributed by atoms with Crippen molar-refractivity contribution in [2.75, 3.05) is 26.4 Å². The van der Waals surface area contributed by atoms with Gasteiger partial charge in [-0.2, -0.15) is 0 Å². The lowest BCUT2D eigenvalue weighted by Gasteiger charge is -2.35. The molecule has 1 atom stereocenters. The van der Waals surface area contributed by atoms with Crippen molar-refractivity contribution in [3.8, 4) is 11.5 Å². The highest BCUT2D eigenvalue weighted by atomic mass is 19.1. The predicted molar refractivity (Wildman–Crippen MR) is 121 cm³/mol.